The Morgan fingerprint density at radius 2 is 1.76 bits per heavy atom. The van der Waals surface area contributed by atoms with Crippen LogP contribution in [0, 0.1) is 0 Å². The molecule has 2 aromatic carbocycles. The first-order chi connectivity index (χ1) is 13.8. The van der Waals surface area contributed by atoms with Crippen molar-refractivity contribution in [1.82, 2.24) is 10.2 Å². The Bertz CT molecular complexity index is 830. The topological polar surface area (TPSA) is 58.6 Å². The molecule has 0 aliphatic heterocycles. The quantitative estimate of drug-likeness (QED) is 0.619. The van der Waals surface area contributed by atoms with Crippen molar-refractivity contribution in [2.45, 2.75) is 45.8 Å². The number of carbonyl (C=O) groups excluding carboxylic acids is 2. The molecule has 0 saturated heterocycles. The highest BCUT2D eigenvalue weighted by atomic mass is 35.5. The Hall–Kier alpha value is -2.24. The third-order valence-electron chi connectivity index (χ3n) is 4.61. The van der Waals surface area contributed by atoms with Gasteiger partial charge in [-0.15, -0.1) is 0 Å². The van der Waals surface area contributed by atoms with E-state index in [1.807, 2.05) is 32.0 Å². The minimum absolute atomic E-state index is 0.0208. The van der Waals surface area contributed by atoms with Crippen LogP contribution in [-0.2, 0) is 16.1 Å². The average molecular weight is 437 g/mol. The molecule has 2 rings (SSSR count). The van der Waals surface area contributed by atoms with Gasteiger partial charge in [0.15, 0.2) is 6.61 Å². The van der Waals surface area contributed by atoms with Gasteiger partial charge in [-0.3, -0.25) is 9.59 Å². The Labute approximate surface area is 181 Å². The van der Waals surface area contributed by atoms with Crippen LogP contribution in [0.2, 0.25) is 10.0 Å². The summed E-state index contributed by atoms with van der Waals surface area (Å²) in [5.74, 6) is 0.0752. The van der Waals surface area contributed by atoms with Crippen LogP contribution in [0.1, 0.15) is 32.8 Å². The average Bonchev–Trinajstić information content (AvgIpc) is 2.72. The molecule has 0 aromatic heterocycles. The molecule has 0 saturated carbocycles. The molecule has 2 aromatic rings. The van der Waals surface area contributed by atoms with Gasteiger partial charge in [-0.2, -0.15) is 0 Å². The molecule has 0 bridgehead atoms. The van der Waals surface area contributed by atoms with Crippen molar-refractivity contribution in [3.63, 3.8) is 0 Å². The highest BCUT2D eigenvalue weighted by Crippen LogP contribution is 2.24. The van der Waals surface area contributed by atoms with E-state index in [9.17, 15) is 9.59 Å². The molecule has 2 unspecified atom stereocenters. The molecule has 2 atom stereocenters. The van der Waals surface area contributed by atoms with E-state index in [0.717, 1.165) is 12.0 Å². The number of rotatable bonds is 9. The summed E-state index contributed by atoms with van der Waals surface area (Å²) in [6, 6.07) is 13.6. The molecule has 29 heavy (non-hydrogen) atoms. The molecule has 2 amide bonds. The number of amides is 2. The predicted molar refractivity (Wildman–Crippen MR) is 116 cm³/mol. The van der Waals surface area contributed by atoms with Crippen LogP contribution < -0.4 is 10.1 Å². The van der Waals surface area contributed by atoms with Gasteiger partial charge >= 0.3 is 0 Å². The highest BCUT2D eigenvalue weighted by Gasteiger charge is 2.27. The first-order valence-corrected chi connectivity index (χ1v) is 10.3. The number of hydrogen-bond donors (Lipinski definition) is 1. The van der Waals surface area contributed by atoms with Crippen LogP contribution in [0.3, 0.4) is 0 Å². The molecule has 0 heterocycles. The molecule has 0 radical (unpaired) electrons. The summed E-state index contributed by atoms with van der Waals surface area (Å²) in [6.45, 7) is 5.65. The Morgan fingerprint density at radius 3 is 2.38 bits per heavy atom. The number of nitrogens with zero attached hydrogens (tertiary/aromatic N) is 1. The second-order valence-electron chi connectivity index (χ2n) is 6.87. The van der Waals surface area contributed by atoms with E-state index in [-0.39, 0.29) is 31.0 Å². The van der Waals surface area contributed by atoms with Gasteiger partial charge in [-0.25, -0.2) is 0 Å². The normalized spacial score (nSPS) is 12.7. The largest absolute Gasteiger partial charge is 0.484 e. The van der Waals surface area contributed by atoms with Crippen LogP contribution in [-0.4, -0.2) is 35.4 Å². The van der Waals surface area contributed by atoms with Crippen LogP contribution in [0.4, 0.5) is 0 Å². The summed E-state index contributed by atoms with van der Waals surface area (Å²) in [5.41, 5.74) is 0.774. The fourth-order valence-electron chi connectivity index (χ4n) is 2.63. The lowest BCUT2D eigenvalue weighted by atomic mass is 10.1. The summed E-state index contributed by atoms with van der Waals surface area (Å²) >= 11 is 12.1. The number of nitrogens with one attached hydrogen (secondary N) is 1. The third kappa shape index (κ3) is 6.94. The predicted octanol–water partition coefficient (Wildman–Crippen LogP) is 4.70. The number of ether oxygens (including phenoxy) is 1. The van der Waals surface area contributed by atoms with E-state index >= 15 is 0 Å². The van der Waals surface area contributed by atoms with E-state index in [0.29, 0.717) is 15.8 Å². The van der Waals surface area contributed by atoms with Crippen molar-refractivity contribution in [2.24, 2.45) is 0 Å². The Morgan fingerprint density at radius 1 is 1.07 bits per heavy atom. The van der Waals surface area contributed by atoms with Crippen molar-refractivity contribution in [1.29, 1.82) is 0 Å². The van der Waals surface area contributed by atoms with Gasteiger partial charge in [0.25, 0.3) is 5.91 Å². The Balaban J connectivity index is 2.17. The smallest absolute Gasteiger partial charge is 0.261 e. The molecular weight excluding hydrogens is 411 g/mol. The lowest BCUT2D eigenvalue weighted by molar-refractivity contribution is -0.142. The van der Waals surface area contributed by atoms with Gasteiger partial charge in [0, 0.05) is 12.6 Å². The van der Waals surface area contributed by atoms with E-state index in [1.54, 1.807) is 37.3 Å². The van der Waals surface area contributed by atoms with Crippen molar-refractivity contribution >= 4 is 35.0 Å². The fraction of sp³-hybridized carbons (Fsp3) is 0.364. The second-order valence-corrected chi connectivity index (χ2v) is 7.68. The van der Waals surface area contributed by atoms with E-state index < -0.39 is 6.04 Å². The SMILES string of the molecule is CCC(C)NC(=O)C(C)N(Cc1ccc(Cl)c(Cl)c1)C(=O)COc1ccccc1. The summed E-state index contributed by atoms with van der Waals surface area (Å²) < 4.78 is 5.59. The lowest BCUT2D eigenvalue weighted by Gasteiger charge is -2.29. The van der Waals surface area contributed by atoms with Gasteiger partial charge in [-0.1, -0.05) is 54.4 Å². The van der Waals surface area contributed by atoms with E-state index in [4.69, 9.17) is 27.9 Å². The number of halogens is 2. The summed E-state index contributed by atoms with van der Waals surface area (Å²) in [5, 5.41) is 3.75. The molecule has 156 valence electrons. The zero-order chi connectivity index (χ0) is 21.4. The number of para-hydroxylation sites is 1. The first kappa shape index (κ1) is 23.0. The minimum atomic E-state index is -0.676. The maximum atomic E-state index is 12.9. The zero-order valence-electron chi connectivity index (χ0n) is 16.8. The monoisotopic (exact) mass is 436 g/mol. The van der Waals surface area contributed by atoms with Gasteiger partial charge in [0.2, 0.25) is 5.91 Å². The lowest BCUT2D eigenvalue weighted by Crippen LogP contribution is -2.50. The zero-order valence-corrected chi connectivity index (χ0v) is 18.3. The van der Waals surface area contributed by atoms with Crippen molar-refractivity contribution in [3.05, 3.63) is 64.1 Å². The van der Waals surface area contributed by atoms with Crippen LogP contribution in [0.5, 0.6) is 5.75 Å². The highest BCUT2D eigenvalue weighted by molar-refractivity contribution is 6.42. The Kier molecular flexibility index (Phi) is 8.80. The van der Waals surface area contributed by atoms with Crippen molar-refractivity contribution in [3.8, 4) is 5.75 Å². The van der Waals surface area contributed by atoms with E-state index in [2.05, 4.69) is 5.32 Å². The molecule has 7 heteroatoms. The maximum Gasteiger partial charge on any atom is 0.261 e. The number of benzene rings is 2. The van der Waals surface area contributed by atoms with Crippen LogP contribution in [0.25, 0.3) is 0 Å². The number of hydrogen-bond acceptors (Lipinski definition) is 3. The fourth-order valence-corrected chi connectivity index (χ4v) is 2.95. The molecule has 0 spiro atoms. The second kappa shape index (κ2) is 11.1. The van der Waals surface area contributed by atoms with Crippen molar-refractivity contribution < 1.29 is 14.3 Å². The van der Waals surface area contributed by atoms with Gasteiger partial charge in [-0.05, 0) is 50.1 Å². The van der Waals surface area contributed by atoms with Gasteiger partial charge < -0.3 is 15.0 Å². The molecular formula is C22H26Cl2N2O3. The van der Waals surface area contributed by atoms with Crippen molar-refractivity contribution in [2.75, 3.05) is 6.61 Å². The molecule has 0 fully saturated rings. The molecule has 5 nitrogen and oxygen atoms in total. The van der Waals surface area contributed by atoms with Gasteiger partial charge in [0.1, 0.15) is 11.8 Å². The molecule has 0 aliphatic rings. The van der Waals surface area contributed by atoms with Crippen LogP contribution in [0.15, 0.2) is 48.5 Å². The number of carbonyl (C=O) groups is 2. The summed E-state index contributed by atoms with van der Waals surface area (Å²) in [7, 11) is 0. The maximum absolute atomic E-state index is 12.9. The standard InChI is InChI=1S/C22H26Cl2N2O3/c1-4-15(2)25-22(28)16(3)26(13-17-10-11-19(23)20(24)12-17)21(27)14-29-18-8-6-5-7-9-18/h5-12,15-16H,4,13-14H2,1-3H3,(H,25,28). The molecule has 1 N–H and O–H groups in total. The summed E-state index contributed by atoms with van der Waals surface area (Å²) in [6.07, 6.45) is 0.802. The van der Waals surface area contributed by atoms with Gasteiger partial charge in [0.05, 0.1) is 10.0 Å². The third-order valence-corrected chi connectivity index (χ3v) is 5.35. The van der Waals surface area contributed by atoms with E-state index in [1.165, 1.54) is 4.90 Å². The first-order valence-electron chi connectivity index (χ1n) is 9.53. The molecule has 0 aliphatic carbocycles. The summed E-state index contributed by atoms with van der Waals surface area (Å²) in [4.78, 5) is 27.1. The minimum Gasteiger partial charge on any atom is -0.484 e. The van der Waals surface area contributed by atoms with Crippen LogP contribution >= 0.6 is 23.2 Å².